The highest BCUT2D eigenvalue weighted by molar-refractivity contribution is 7.97. The lowest BCUT2D eigenvalue weighted by Gasteiger charge is -2.20. The maximum Gasteiger partial charge on any atom is 0.0228 e. The van der Waals surface area contributed by atoms with Gasteiger partial charge in [-0.15, -0.1) is 0 Å². The van der Waals surface area contributed by atoms with Crippen molar-refractivity contribution in [2.45, 2.75) is 31.7 Å². The first-order chi connectivity index (χ1) is 8.63. The van der Waals surface area contributed by atoms with Gasteiger partial charge in [0.05, 0.1) is 0 Å². The van der Waals surface area contributed by atoms with Crippen molar-refractivity contribution >= 4 is 11.9 Å². The summed E-state index contributed by atoms with van der Waals surface area (Å²) in [4.78, 5) is 1.25. The topological polar surface area (TPSA) is 50.1 Å². The van der Waals surface area contributed by atoms with E-state index in [9.17, 15) is 0 Å². The van der Waals surface area contributed by atoms with Crippen LogP contribution in [0.3, 0.4) is 0 Å². The molecule has 0 aliphatic heterocycles. The molecule has 1 unspecified atom stereocenters. The van der Waals surface area contributed by atoms with Crippen LogP contribution in [0.5, 0.6) is 0 Å². The second kappa shape index (κ2) is 8.53. The summed E-state index contributed by atoms with van der Waals surface area (Å²) in [5, 5.41) is 3.46. The summed E-state index contributed by atoms with van der Waals surface area (Å²) in [5.74, 6) is 0.583. The third-order valence-corrected chi connectivity index (χ3v) is 3.76. The van der Waals surface area contributed by atoms with Crippen LogP contribution >= 0.6 is 11.9 Å². The summed E-state index contributed by atoms with van der Waals surface area (Å²) in [6.07, 6.45) is 0. The van der Waals surface area contributed by atoms with Gasteiger partial charge in [0.2, 0.25) is 0 Å². The van der Waals surface area contributed by atoms with Crippen molar-refractivity contribution in [1.29, 1.82) is 0 Å². The average molecular weight is 267 g/mol. The minimum absolute atomic E-state index is 0.413. The molecule has 0 aromatic heterocycles. The Morgan fingerprint density at radius 2 is 1.83 bits per heavy atom. The van der Waals surface area contributed by atoms with Crippen molar-refractivity contribution in [2.75, 3.05) is 19.6 Å². The quantitative estimate of drug-likeness (QED) is 0.499. The molecule has 0 spiro atoms. The summed E-state index contributed by atoms with van der Waals surface area (Å²) in [7, 11) is 0. The van der Waals surface area contributed by atoms with Crippen LogP contribution in [0, 0.1) is 12.8 Å². The first-order valence-corrected chi connectivity index (χ1v) is 7.35. The second-order valence-electron chi connectivity index (χ2n) is 4.85. The third kappa shape index (κ3) is 5.87. The molecule has 0 aliphatic rings. The molecule has 0 bridgehead atoms. The zero-order valence-electron chi connectivity index (χ0n) is 11.6. The number of nitrogens with two attached hydrogens (primary N) is 1. The molecule has 1 atom stereocenters. The standard InChI is InChI=1S/C14H25N3S/c1-11(2)14(10-15)16-8-9-17-18-13-6-4-12(3)5-7-13/h4-7,11,14,16-17H,8-10,15H2,1-3H3. The van der Waals surface area contributed by atoms with Crippen LogP contribution < -0.4 is 15.8 Å². The molecule has 0 radical (unpaired) electrons. The molecular formula is C14H25N3S. The van der Waals surface area contributed by atoms with E-state index in [2.05, 4.69) is 55.1 Å². The van der Waals surface area contributed by atoms with Crippen LogP contribution in [0.4, 0.5) is 0 Å². The number of nitrogens with one attached hydrogen (secondary N) is 2. The fourth-order valence-corrected chi connectivity index (χ4v) is 2.28. The summed E-state index contributed by atoms with van der Waals surface area (Å²) >= 11 is 1.68. The molecule has 0 heterocycles. The molecule has 0 saturated carbocycles. The zero-order chi connectivity index (χ0) is 13.4. The molecule has 1 aromatic carbocycles. The molecule has 0 aliphatic carbocycles. The number of hydrogen-bond donors (Lipinski definition) is 3. The molecule has 0 fully saturated rings. The van der Waals surface area contributed by atoms with E-state index in [0.29, 0.717) is 18.5 Å². The Bertz CT molecular complexity index is 324. The lowest BCUT2D eigenvalue weighted by molar-refractivity contribution is 0.409. The van der Waals surface area contributed by atoms with E-state index in [1.54, 1.807) is 11.9 Å². The number of hydrogen-bond acceptors (Lipinski definition) is 4. The van der Waals surface area contributed by atoms with E-state index in [1.807, 2.05) is 0 Å². The minimum Gasteiger partial charge on any atom is -0.329 e. The maximum absolute atomic E-state index is 5.71. The third-order valence-electron chi connectivity index (χ3n) is 2.90. The molecule has 0 saturated heterocycles. The van der Waals surface area contributed by atoms with Crippen molar-refractivity contribution in [3.05, 3.63) is 29.8 Å². The predicted octanol–water partition coefficient (Wildman–Crippen LogP) is 2.16. The fraction of sp³-hybridized carbons (Fsp3) is 0.571. The van der Waals surface area contributed by atoms with Gasteiger partial charge in [-0.3, -0.25) is 4.72 Å². The summed E-state index contributed by atoms with van der Waals surface area (Å²) in [6, 6.07) is 8.95. The molecular weight excluding hydrogens is 242 g/mol. The minimum atomic E-state index is 0.413. The highest BCUT2D eigenvalue weighted by Crippen LogP contribution is 2.14. The SMILES string of the molecule is Cc1ccc(SNCCNC(CN)C(C)C)cc1. The van der Waals surface area contributed by atoms with Gasteiger partial charge in [-0.1, -0.05) is 31.5 Å². The number of benzene rings is 1. The van der Waals surface area contributed by atoms with Gasteiger partial charge in [-0.2, -0.15) is 0 Å². The maximum atomic E-state index is 5.71. The van der Waals surface area contributed by atoms with Gasteiger partial charge in [0.15, 0.2) is 0 Å². The smallest absolute Gasteiger partial charge is 0.0228 e. The summed E-state index contributed by atoms with van der Waals surface area (Å²) in [6.45, 7) is 9.06. The van der Waals surface area contributed by atoms with Crippen molar-refractivity contribution in [3.63, 3.8) is 0 Å². The molecule has 1 rings (SSSR count). The Morgan fingerprint density at radius 1 is 1.17 bits per heavy atom. The highest BCUT2D eigenvalue weighted by atomic mass is 32.2. The normalized spacial score (nSPS) is 12.9. The average Bonchev–Trinajstić information content (AvgIpc) is 2.35. The zero-order valence-corrected chi connectivity index (χ0v) is 12.4. The van der Waals surface area contributed by atoms with E-state index in [4.69, 9.17) is 5.73 Å². The Kier molecular flexibility index (Phi) is 7.35. The monoisotopic (exact) mass is 267 g/mol. The van der Waals surface area contributed by atoms with Crippen molar-refractivity contribution in [1.82, 2.24) is 10.0 Å². The van der Waals surface area contributed by atoms with Gasteiger partial charge in [0, 0.05) is 30.6 Å². The molecule has 1 aromatic rings. The van der Waals surface area contributed by atoms with Crippen molar-refractivity contribution in [3.8, 4) is 0 Å². The molecule has 0 amide bonds. The molecule has 4 heteroatoms. The Morgan fingerprint density at radius 3 is 2.39 bits per heavy atom. The first kappa shape index (κ1) is 15.5. The number of rotatable bonds is 8. The van der Waals surface area contributed by atoms with E-state index in [1.165, 1.54) is 10.5 Å². The summed E-state index contributed by atoms with van der Waals surface area (Å²) < 4.78 is 3.35. The Hall–Kier alpha value is -0.550. The predicted molar refractivity (Wildman–Crippen MR) is 80.7 cm³/mol. The molecule has 102 valence electrons. The van der Waals surface area contributed by atoms with E-state index >= 15 is 0 Å². The molecule has 3 nitrogen and oxygen atoms in total. The van der Waals surface area contributed by atoms with E-state index < -0.39 is 0 Å². The van der Waals surface area contributed by atoms with Gasteiger partial charge >= 0.3 is 0 Å². The fourth-order valence-electron chi connectivity index (χ4n) is 1.64. The Balaban J connectivity index is 2.13. The largest absolute Gasteiger partial charge is 0.329 e. The van der Waals surface area contributed by atoms with Crippen LogP contribution in [0.25, 0.3) is 0 Å². The number of aryl methyl sites for hydroxylation is 1. The lowest BCUT2D eigenvalue weighted by Crippen LogP contribution is -2.42. The van der Waals surface area contributed by atoms with Gasteiger partial charge in [0.1, 0.15) is 0 Å². The summed E-state index contributed by atoms with van der Waals surface area (Å²) in [5.41, 5.74) is 7.00. The van der Waals surface area contributed by atoms with Crippen LogP contribution in [0.2, 0.25) is 0 Å². The molecule has 4 N–H and O–H groups in total. The van der Waals surface area contributed by atoms with Crippen LogP contribution in [0.1, 0.15) is 19.4 Å². The molecule has 18 heavy (non-hydrogen) atoms. The van der Waals surface area contributed by atoms with Crippen LogP contribution in [-0.2, 0) is 0 Å². The lowest BCUT2D eigenvalue weighted by atomic mass is 10.1. The van der Waals surface area contributed by atoms with Crippen LogP contribution in [0.15, 0.2) is 29.2 Å². The van der Waals surface area contributed by atoms with Crippen LogP contribution in [-0.4, -0.2) is 25.7 Å². The Labute approximate surface area is 115 Å². The van der Waals surface area contributed by atoms with Crippen molar-refractivity contribution < 1.29 is 0 Å². The first-order valence-electron chi connectivity index (χ1n) is 6.53. The van der Waals surface area contributed by atoms with E-state index in [-0.39, 0.29) is 0 Å². The van der Waals surface area contributed by atoms with E-state index in [0.717, 1.165) is 13.1 Å². The second-order valence-corrected chi connectivity index (χ2v) is 5.81. The highest BCUT2D eigenvalue weighted by Gasteiger charge is 2.09. The van der Waals surface area contributed by atoms with Gasteiger partial charge in [-0.05, 0) is 36.9 Å². The van der Waals surface area contributed by atoms with Crippen molar-refractivity contribution in [2.24, 2.45) is 11.7 Å². The van der Waals surface area contributed by atoms with Gasteiger partial charge in [0.25, 0.3) is 0 Å². The van der Waals surface area contributed by atoms with Gasteiger partial charge in [-0.25, -0.2) is 0 Å². The van der Waals surface area contributed by atoms with Gasteiger partial charge < -0.3 is 11.1 Å².